The molecule has 1 aliphatic carbocycles. The van der Waals surface area contributed by atoms with E-state index in [4.69, 9.17) is 0 Å². The van der Waals surface area contributed by atoms with Crippen molar-refractivity contribution in [2.75, 3.05) is 4.72 Å². The van der Waals surface area contributed by atoms with Gasteiger partial charge in [-0.1, -0.05) is 25.0 Å². The van der Waals surface area contributed by atoms with E-state index < -0.39 is 10.0 Å². The molecule has 1 saturated heterocycles. The molecule has 1 saturated carbocycles. The molecule has 0 bridgehead atoms. The number of carbonyl (C=O) groups excluding carboxylic acids is 2. The smallest absolute Gasteiger partial charge is 0.262 e. The highest BCUT2D eigenvalue weighted by molar-refractivity contribution is 7.92. The summed E-state index contributed by atoms with van der Waals surface area (Å²) in [5.41, 5.74) is 1.56. The number of nitrogens with one attached hydrogen (secondary N) is 1. The van der Waals surface area contributed by atoms with Gasteiger partial charge in [-0.05, 0) is 49.1 Å². The Morgan fingerprint density at radius 2 is 1.79 bits per heavy atom. The van der Waals surface area contributed by atoms with Gasteiger partial charge in [0.2, 0.25) is 11.8 Å². The van der Waals surface area contributed by atoms with E-state index in [-0.39, 0.29) is 35.1 Å². The van der Waals surface area contributed by atoms with Crippen LogP contribution in [0.3, 0.4) is 0 Å². The number of pyridine rings is 1. The minimum atomic E-state index is -3.83. The molecule has 1 aromatic carbocycles. The van der Waals surface area contributed by atoms with Crippen molar-refractivity contribution < 1.29 is 18.0 Å². The predicted molar refractivity (Wildman–Crippen MR) is 107 cm³/mol. The van der Waals surface area contributed by atoms with E-state index in [0.29, 0.717) is 16.8 Å². The fraction of sp³-hybridized carbons (Fsp3) is 0.381. The van der Waals surface area contributed by atoms with Crippen LogP contribution in [0.15, 0.2) is 47.6 Å². The Balaban J connectivity index is 1.59. The van der Waals surface area contributed by atoms with Gasteiger partial charge in [-0.25, -0.2) is 8.42 Å². The fourth-order valence-electron chi connectivity index (χ4n) is 4.24. The molecular weight excluding hydrogens is 390 g/mol. The van der Waals surface area contributed by atoms with Gasteiger partial charge in [0.25, 0.3) is 10.0 Å². The standard InChI is InChI=1S/C21H23N3O4S/c1-14-8-9-15(11-19(14)29(27,28)23-16-5-4-10-22-12-16)13-24-20(25)17-6-2-3-7-18(17)21(24)26/h4-5,8-12,17-18,23H,2-3,6-7,13H2,1H3. The molecule has 2 atom stereocenters. The number of nitrogens with zero attached hydrogens (tertiary/aromatic N) is 2. The SMILES string of the molecule is Cc1ccc(CN2C(=O)C3CCCCC3C2=O)cc1S(=O)(=O)Nc1cccnc1. The second-order valence-electron chi connectivity index (χ2n) is 7.71. The molecule has 2 aliphatic rings. The van der Waals surface area contributed by atoms with Crippen LogP contribution in [0.25, 0.3) is 0 Å². The number of carbonyl (C=O) groups is 2. The maximum atomic E-state index is 12.9. The summed E-state index contributed by atoms with van der Waals surface area (Å²) >= 11 is 0. The monoisotopic (exact) mass is 413 g/mol. The first-order chi connectivity index (χ1) is 13.9. The molecule has 1 aliphatic heterocycles. The Hall–Kier alpha value is -2.74. The van der Waals surface area contributed by atoms with E-state index in [1.54, 1.807) is 37.4 Å². The number of hydrogen-bond donors (Lipinski definition) is 1. The van der Waals surface area contributed by atoms with Gasteiger partial charge >= 0.3 is 0 Å². The molecule has 1 aromatic heterocycles. The highest BCUT2D eigenvalue weighted by Gasteiger charge is 2.47. The summed E-state index contributed by atoms with van der Waals surface area (Å²) in [6.07, 6.45) is 6.45. The summed E-state index contributed by atoms with van der Waals surface area (Å²) in [7, 11) is -3.83. The number of likely N-dealkylation sites (tertiary alicyclic amines) is 1. The zero-order valence-corrected chi connectivity index (χ0v) is 17.0. The van der Waals surface area contributed by atoms with Crippen molar-refractivity contribution in [3.05, 3.63) is 53.9 Å². The third kappa shape index (κ3) is 3.76. The first kappa shape index (κ1) is 19.6. The number of benzene rings is 1. The van der Waals surface area contributed by atoms with Crippen LogP contribution in [-0.2, 0) is 26.2 Å². The normalized spacial score (nSPS) is 21.9. The van der Waals surface area contributed by atoms with Crippen LogP contribution < -0.4 is 4.72 Å². The second kappa shape index (κ2) is 7.59. The molecule has 2 aromatic rings. The van der Waals surface area contributed by atoms with Gasteiger partial charge in [0.1, 0.15) is 0 Å². The lowest BCUT2D eigenvalue weighted by Gasteiger charge is -2.19. The Labute approximate surface area is 170 Å². The number of amides is 2. The van der Waals surface area contributed by atoms with Gasteiger partial charge in [0.15, 0.2) is 0 Å². The van der Waals surface area contributed by atoms with Crippen LogP contribution in [0, 0.1) is 18.8 Å². The summed E-state index contributed by atoms with van der Waals surface area (Å²) in [6, 6.07) is 8.26. The lowest BCUT2D eigenvalue weighted by molar-refractivity contribution is -0.140. The van der Waals surface area contributed by atoms with E-state index in [0.717, 1.165) is 25.7 Å². The largest absolute Gasteiger partial charge is 0.278 e. The number of imide groups is 1. The summed E-state index contributed by atoms with van der Waals surface area (Å²) in [6.45, 7) is 1.81. The van der Waals surface area contributed by atoms with E-state index in [1.807, 2.05) is 0 Å². The van der Waals surface area contributed by atoms with Crippen molar-refractivity contribution in [1.82, 2.24) is 9.88 Å². The average Bonchev–Trinajstić information content (AvgIpc) is 2.95. The van der Waals surface area contributed by atoms with E-state index >= 15 is 0 Å². The predicted octanol–water partition coefficient (Wildman–Crippen LogP) is 2.87. The summed E-state index contributed by atoms with van der Waals surface area (Å²) in [5.74, 6) is -0.675. The maximum Gasteiger partial charge on any atom is 0.262 e. The molecule has 2 unspecified atom stereocenters. The van der Waals surface area contributed by atoms with Crippen molar-refractivity contribution >= 4 is 27.5 Å². The highest BCUT2D eigenvalue weighted by Crippen LogP contribution is 2.38. The molecule has 8 heteroatoms. The molecule has 7 nitrogen and oxygen atoms in total. The molecule has 2 fully saturated rings. The topological polar surface area (TPSA) is 96.4 Å². The zero-order chi connectivity index (χ0) is 20.6. The van der Waals surface area contributed by atoms with Gasteiger partial charge in [-0.2, -0.15) is 0 Å². The van der Waals surface area contributed by atoms with Crippen molar-refractivity contribution in [2.45, 2.75) is 44.0 Å². The van der Waals surface area contributed by atoms with E-state index in [9.17, 15) is 18.0 Å². The lowest BCUT2D eigenvalue weighted by Crippen LogP contribution is -2.30. The molecule has 152 valence electrons. The number of fused-ring (bicyclic) bond motifs is 1. The van der Waals surface area contributed by atoms with Gasteiger partial charge < -0.3 is 0 Å². The molecule has 2 amide bonds. The van der Waals surface area contributed by atoms with Crippen molar-refractivity contribution in [3.8, 4) is 0 Å². The minimum Gasteiger partial charge on any atom is -0.278 e. The Bertz CT molecular complexity index is 1030. The lowest BCUT2D eigenvalue weighted by atomic mass is 9.81. The first-order valence-electron chi connectivity index (χ1n) is 9.74. The van der Waals surface area contributed by atoms with E-state index in [2.05, 4.69) is 9.71 Å². The van der Waals surface area contributed by atoms with Crippen LogP contribution in [-0.4, -0.2) is 30.1 Å². The fourth-order valence-corrected chi connectivity index (χ4v) is 5.57. The third-order valence-electron chi connectivity index (χ3n) is 5.73. The molecule has 2 heterocycles. The number of anilines is 1. The highest BCUT2D eigenvalue weighted by atomic mass is 32.2. The van der Waals surface area contributed by atoms with Crippen molar-refractivity contribution in [3.63, 3.8) is 0 Å². The molecule has 4 rings (SSSR count). The Morgan fingerprint density at radius 1 is 1.10 bits per heavy atom. The van der Waals surface area contributed by atoms with Crippen LogP contribution >= 0.6 is 0 Å². The molecule has 29 heavy (non-hydrogen) atoms. The average molecular weight is 413 g/mol. The molecule has 1 N–H and O–H groups in total. The van der Waals surface area contributed by atoms with Crippen molar-refractivity contribution in [2.24, 2.45) is 11.8 Å². The van der Waals surface area contributed by atoms with Crippen molar-refractivity contribution in [1.29, 1.82) is 0 Å². The number of hydrogen-bond acceptors (Lipinski definition) is 5. The number of aryl methyl sites for hydroxylation is 1. The Kier molecular flexibility index (Phi) is 5.12. The minimum absolute atomic E-state index is 0.0976. The van der Waals surface area contributed by atoms with E-state index in [1.165, 1.54) is 17.2 Å². The van der Waals surface area contributed by atoms with Crippen LogP contribution in [0.5, 0.6) is 0 Å². The summed E-state index contributed by atoms with van der Waals surface area (Å²) in [5, 5.41) is 0. The second-order valence-corrected chi connectivity index (χ2v) is 9.36. The zero-order valence-electron chi connectivity index (χ0n) is 16.2. The number of rotatable bonds is 5. The molecule has 0 spiro atoms. The maximum absolute atomic E-state index is 12.9. The first-order valence-corrected chi connectivity index (χ1v) is 11.2. The number of aromatic nitrogens is 1. The van der Waals surface area contributed by atoms with Gasteiger partial charge in [-0.3, -0.25) is 24.2 Å². The Morgan fingerprint density at radius 3 is 2.41 bits per heavy atom. The van der Waals surface area contributed by atoms with Crippen LogP contribution in [0.4, 0.5) is 5.69 Å². The van der Waals surface area contributed by atoms with Crippen LogP contribution in [0.1, 0.15) is 36.8 Å². The van der Waals surface area contributed by atoms with Crippen LogP contribution in [0.2, 0.25) is 0 Å². The molecule has 0 radical (unpaired) electrons. The molecular formula is C21H23N3O4S. The summed E-state index contributed by atoms with van der Waals surface area (Å²) < 4.78 is 28.2. The summed E-state index contributed by atoms with van der Waals surface area (Å²) in [4.78, 5) is 30.8. The van der Waals surface area contributed by atoms with Gasteiger partial charge in [0.05, 0.1) is 35.2 Å². The van der Waals surface area contributed by atoms with Gasteiger partial charge in [0, 0.05) is 6.20 Å². The third-order valence-corrected chi connectivity index (χ3v) is 7.25. The van der Waals surface area contributed by atoms with Gasteiger partial charge in [-0.15, -0.1) is 0 Å². The number of sulfonamides is 1. The quantitative estimate of drug-likeness (QED) is 0.761.